The minimum Gasteiger partial charge on any atom is -0.496 e. The zero-order valence-electron chi connectivity index (χ0n) is 16.4. The number of carbonyl (C=O) groups excluding carboxylic acids is 1. The first kappa shape index (κ1) is 20.7. The quantitative estimate of drug-likeness (QED) is 0.519. The minimum absolute atomic E-state index is 0.0623. The molecule has 3 rings (SSSR count). The summed E-state index contributed by atoms with van der Waals surface area (Å²) in [5.41, 5.74) is 0.209. The molecule has 0 bridgehead atoms. The van der Waals surface area contributed by atoms with E-state index in [1.807, 2.05) is 18.2 Å². The van der Waals surface area contributed by atoms with Gasteiger partial charge in [-0.25, -0.2) is 4.39 Å². The monoisotopic (exact) mass is 402 g/mol. The SMILES string of the molecule is COc1ccccc1CN(CC1CCCO1)C(=O)c1cc(F)c(C)c([N+](=O)[O-])c1. The zero-order chi connectivity index (χ0) is 21.0. The molecule has 154 valence electrons. The summed E-state index contributed by atoms with van der Waals surface area (Å²) in [5.74, 6) is -0.649. The van der Waals surface area contributed by atoms with Crippen molar-refractivity contribution in [2.45, 2.75) is 32.4 Å². The predicted octanol–water partition coefficient (Wildman–Crippen LogP) is 3.87. The molecule has 0 saturated carbocycles. The van der Waals surface area contributed by atoms with Crippen LogP contribution in [0.2, 0.25) is 0 Å². The zero-order valence-corrected chi connectivity index (χ0v) is 16.4. The Morgan fingerprint density at radius 3 is 2.79 bits per heavy atom. The third-order valence-electron chi connectivity index (χ3n) is 5.05. The summed E-state index contributed by atoms with van der Waals surface area (Å²) in [5, 5.41) is 11.2. The summed E-state index contributed by atoms with van der Waals surface area (Å²) in [7, 11) is 1.55. The first-order valence-corrected chi connectivity index (χ1v) is 9.38. The van der Waals surface area contributed by atoms with E-state index in [0.29, 0.717) is 18.9 Å². The number of amides is 1. The van der Waals surface area contributed by atoms with Gasteiger partial charge in [0, 0.05) is 36.9 Å². The molecule has 7 nitrogen and oxygen atoms in total. The molecule has 0 aromatic heterocycles. The molecule has 1 aliphatic rings. The maximum Gasteiger partial charge on any atom is 0.276 e. The lowest BCUT2D eigenvalue weighted by atomic mass is 10.1. The van der Waals surface area contributed by atoms with Crippen molar-refractivity contribution in [2.75, 3.05) is 20.3 Å². The molecule has 2 aromatic rings. The van der Waals surface area contributed by atoms with Crippen molar-refractivity contribution in [3.05, 3.63) is 69.0 Å². The molecule has 1 fully saturated rings. The maximum atomic E-state index is 14.3. The second-order valence-corrected chi connectivity index (χ2v) is 6.99. The highest BCUT2D eigenvalue weighted by molar-refractivity contribution is 5.95. The topological polar surface area (TPSA) is 81.9 Å². The van der Waals surface area contributed by atoms with Crippen LogP contribution in [0.5, 0.6) is 5.75 Å². The number of ether oxygens (including phenoxy) is 2. The van der Waals surface area contributed by atoms with Crippen LogP contribution in [-0.4, -0.2) is 42.1 Å². The number of carbonyl (C=O) groups is 1. The number of hydrogen-bond acceptors (Lipinski definition) is 5. The van der Waals surface area contributed by atoms with Crippen molar-refractivity contribution in [1.82, 2.24) is 4.90 Å². The molecule has 8 heteroatoms. The first-order valence-electron chi connectivity index (χ1n) is 9.38. The summed E-state index contributed by atoms with van der Waals surface area (Å²) >= 11 is 0. The van der Waals surface area contributed by atoms with E-state index in [4.69, 9.17) is 9.47 Å². The van der Waals surface area contributed by atoms with Gasteiger partial charge in [-0.3, -0.25) is 14.9 Å². The van der Waals surface area contributed by atoms with Gasteiger partial charge in [0.15, 0.2) is 0 Å². The second kappa shape index (κ2) is 9.00. The minimum atomic E-state index is -0.781. The average molecular weight is 402 g/mol. The number of methoxy groups -OCH3 is 1. The average Bonchev–Trinajstić information content (AvgIpc) is 3.22. The van der Waals surface area contributed by atoms with E-state index in [0.717, 1.165) is 30.5 Å². The molecule has 1 unspecified atom stereocenters. The van der Waals surface area contributed by atoms with Gasteiger partial charge in [0.2, 0.25) is 0 Å². The summed E-state index contributed by atoms with van der Waals surface area (Å²) < 4.78 is 25.3. The third-order valence-corrected chi connectivity index (χ3v) is 5.05. The molecule has 2 aromatic carbocycles. The Balaban J connectivity index is 1.94. The fraction of sp³-hybridized carbons (Fsp3) is 0.381. The van der Waals surface area contributed by atoms with E-state index < -0.39 is 22.3 Å². The largest absolute Gasteiger partial charge is 0.496 e. The van der Waals surface area contributed by atoms with Crippen LogP contribution in [0.3, 0.4) is 0 Å². The van der Waals surface area contributed by atoms with Crippen molar-refractivity contribution < 1.29 is 23.6 Å². The molecule has 1 heterocycles. The molecule has 0 N–H and O–H groups in total. The van der Waals surface area contributed by atoms with Crippen LogP contribution in [0.1, 0.15) is 34.3 Å². The van der Waals surface area contributed by atoms with E-state index in [1.165, 1.54) is 11.8 Å². The van der Waals surface area contributed by atoms with Crippen LogP contribution < -0.4 is 4.74 Å². The van der Waals surface area contributed by atoms with E-state index >= 15 is 0 Å². The van der Waals surface area contributed by atoms with Crippen LogP contribution in [0.25, 0.3) is 0 Å². The van der Waals surface area contributed by atoms with Gasteiger partial charge >= 0.3 is 0 Å². The Kier molecular flexibility index (Phi) is 6.43. The molecular weight excluding hydrogens is 379 g/mol. The normalized spacial score (nSPS) is 15.9. The molecule has 29 heavy (non-hydrogen) atoms. The molecule has 0 aliphatic carbocycles. The molecule has 1 saturated heterocycles. The van der Waals surface area contributed by atoms with E-state index in [-0.39, 0.29) is 23.8 Å². The molecule has 1 aliphatic heterocycles. The predicted molar refractivity (Wildman–Crippen MR) is 104 cm³/mol. The fourth-order valence-corrected chi connectivity index (χ4v) is 3.45. The number of para-hydroxylation sites is 1. The number of nitrogens with zero attached hydrogens (tertiary/aromatic N) is 2. The lowest BCUT2D eigenvalue weighted by Crippen LogP contribution is -2.37. The molecule has 1 amide bonds. The number of halogens is 1. The number of nitro benzene ring substituents is 1. The van der Waals surface area contributed by atoms with E-state index in [2.05, 4.69) is 0 Å². The van der Waals surface area contributed by atoms with Crippen molar-refractivity contribution in [1.29, 1.82) is 0 Å². The number of benzene rings is 2. The van der Waals surface area contributed by atoms with Gasteiger partial charge in [0.25, 0.3) is 11.6 Å². The van der Waals surface area contributed by atoms with E-state index in [9.17, 15) is 19.3 Å². The van der Waals surface area contributed by atoms with Crippen LogP contribution in [0.4, 0.5) is 10.1 Å². The molecular formula is C21H23FN2O5. The van der Waals surface area contributed by atoms with Gasteiger partial charge in [-0.2, -0.15) is 0 Å². The van der Waals surface area contributed by atoms with Crippen LogP contribution in [0, 0.1) is 22.9 Å². The maximum absolute atomic E-state index is 14.3. The highest BCUT2D eigenvalue weighted by Gasteiger charge is 2.27. The standard InChI is InChI=1S/C21H23FN2O5/c1-14-18(22)10-16(11-19(14)24(26)27)21(25)23(13-17-7-5-9-29-17)12-15-6-3-4-8-20(15)28-2/h3-4,6,8,10-11,17H,5,7,9,12-13H2,1-2H3. The number of hydrogen-bond donors (Lipinski definition) is 0. The van der Waals surface area contributed by atoms with Crippen LogP contribution in [-0.2, 0) is 11.3 Å². The van der Waals surface area contributed by atoms with Gasteiger partial charge in [-0.1, -0.05) is 18.2 Å². The second-order valence-electron chi connectivity index (χ2n) is 6.99. The lowest BCUT2D eigenvalue weighted by molar-refractivity contribution is -0.385. The molecule has 1 atom stereocenters. The first-order chi connectivity index (χ1) is 13.9. The number of nitro groups is 1. The van der Waals surface area contributed by atoms with Crippen molar-refractivity contribution in [3.63, 3.8) is 0 Å². The van der Waals surface area contributed by atoms with E-state index in [1.54, 1.807) is 13.2 Å². The summed E-state index contributed by atoms with van der Waals surface area (Å²) in [6.07, 6.45) is 1.60. The van der Waals surface area contributed by atoms with Crippen LogP contribution >= 0.6 is 0 Å². The Hall–Kier alpha value is -3.00. The summed E-state index contributed by atoms with van der Waals surface area (Å²) in [6.45, 7) is 2.47. The molecule has 0 radical (unpaired) electrons. The van der Waals surface area contributed by atoms with Gasteiger partial charge in [-0.05, 0) is 31.9 Å². The Morgan fingerprint density at radius 1 is 1.38 bits per heavy atom. The Morgan fingerprint density at radius 2 is 2.14 bits per heavy atom. The van der Waals surface area contributed by atoms with Gasteiger partial charge in [0.05, 0.1) is 23.7 Å². The highest BCUT2D eigenvalue weighted by Crippen LogP contribution is 2.26. The molecule has 0 spiro atoms. The van der Waals surface area contributed by atoms with Gasteiger partial charge < -0.3 is 14.4 Å². The third kappa shape index (κ3) is 4.71. The fourth-order valence-electron chi connectivity index (χ4n) is 3.45. The van der Waals surface area contributed by atoms with Gasteiger partial charge in [0.1, 0.15) is 11.6 Å². The smallest absolute Gasteiger partial charge is 0.276 e. The van der Waals surface area contributed by atoms with Crippen molar-refractivity contribution in [2.24, 2.45) is 0 Å². The lowest BCUT2D eigenvalue weighted by Gasteiger charge is -2.26. The Labute approximate surface area is 168 Å². The van der Waals surface area contributed by atoms with Crippen LogP contribution in [0.15, 0.2) is 36.4 Å². The van der Waals surface area contributed by atoms with Crippen molar-refractivity contribution >= 4 is 11.6 Å². The highest BCUT2D eigenvalue weighted by atomic mass is 19.1. The Bertz CT molecular complexity index is 912. The number of rotatable bonds is 7. The summed E-state index contributed by atoms with van der Waals surface area (Å²) in [4.78, 5) is 25.3. The van der Waals surface area contributed by atoms with Crippen molar-refractivity contribution in [3.8, 4) is 5.75 Å². The van der Waals surface area contributed by atoms with Gasteiger partial charge in [-0.15, -0.1) is 0 Å². The summed E-state index contributed by atoms with van der Waals surface area (Å²) in [6, 6.07) is 9.48.